The Kier molecular flexibility index (Phi) is 18.2. The Morgan fingerprint density at radius 3 is 0.801 bits per heavy atom. The third-order valence-corrected chi connectivity index (χ3v) is 28.3. The van der Waals surface area contributed by atoms with Gasteiger partial charge in [0.1, 0.15) is 0 Å². The molecule has 29 rings (SSSR count). The van der Waals surface area contributed by atoms with Gasteiger partial charge < -0.3 is 27.4 Å². The second kappa shape index (κ2) is 31.9. The molecule has 0 aliphatic carbocycles. The number of para-hydroxylation sites is 4. The molecule has 6 aromatic heterocycles. The Labute approximate surface area is 784 Å². The topological polar surface area (TPSA) is 29.6 Å². The summed E-state index contributed by atoms with van der Waals surface area (Å²) in [7, 11) is 0. The maximum Gasteiger partial charge on any atom is 0.0641 e. The number of benzene rings is 23. The molecule has 0 spiro atoms. The fraction of sp³-hybridized carbons (Fsp3) is 0. The first-order chi connectivity index (χ1) is 67.5. The van der Waals surface area contributed by atoms with E-state index in [1.165, 1.54) is 230 Å². The molecular formula is C130H84N6. The van der Waals surface area contributed by atoms with Crippen LogP contribution in [0.1, 0.15) is 0 Å². The van der Waals surface area contributed by atoms with Gasteiger partial charge in [-0.1, -0.05) is 370 Å². The molecule has 0 aliphatic heterocycles. The van der Waals surface area contributed by atoms with Crippen LogP contribution >= 0.6 is 0 Å². The van der Waals surface area contributed by atoms with Crippen LogP contribution in [-0.4, -0.2) is 27.4 Å². The Morgan fingerprint density at radius 2 is 0.360 bits per heavy atom. The van der Waals surface area contributed by atoms with Crippen molar-refractivity contribution in [2.24, 2.45) is 0 Å². The highest BCUT2D eigenvalue weighted by Crippen LogP contribution is 2.49. The molecule has 0 atom stereocenters. The maximum absolute atomic E-state index is 2.47. The molecule has 0 saturated heterocycles. The van der Waals surface area contributed by atoms with Crippen LogP contribution in [0.2, 0.25) is 0 Å². The molecular weight excluding hydrogens is 1650 g/mol. The lowest BCUT2D eigenvalue weighted by atomic mass is 10.0. The van der Waals surface area contributed by atoms with Gasteiger partial charge in [-0.2, -0.15) is 0 Å². The van der Waals surface area contributed by atoms with E-state index in [2.05, 4.69) is 537 Å². The van der Waals surface area contributed by atoms with Crippen LogP contribution < -0.4 is 0 Å². The zero-order valence-electron chi connectivity index (χ0n) is 74.2. The van der Waals surface area contributed by atoms with E-state index in [0.29, 0.717) is 0 Å². The summed E-state index contributed by atoms with van der Waals surface area (Å²) in [6.07, 6.45) is 0. The molecule has 0 radical (unpaired) electrons. The molecule has 0 fully saturated rings. The molecule has 0 unspecified atom stereocenters. The van der Waals surface area contributed by atoms with Crippen LogP contribution in [0, 0.1) is 0 Å². The van der Waals surface area contributed by atoms with E-state index in [4.69, 9.17) is 0 Å². The second-order valence-electron chi connectivity index (χ2n) is 35.8. The van der Waals surface area contributed by atoms with Gasteiger partial charge in [0.2, 0.25) is 0 Å². The zero-order chi connectivity index (χ0) is 89.4. The van der Waals surface area contributed by atoms with Crippen molar-refractivity contribution < 1.29 is 0 Å². The van der Waals surface area contributed by atoms with Crippen LogP contribution in [0.4, 0.5) is 0 Å². The largest absolute Gasteiger partial charge is 0.309 e. The van der Waals surface area contributed by atoms with Crippen molar-refractivity contribution in [2.45, 2.75) is 0 Å². The summed E-state index contributed by atoms with van der Waals surface area (Å²) in [5.74, 6) is 0. The fourth-order valence-electron chi connectivity index (χ4n) is 22.1. The molecule has 0 amide bonds. The highest BCUT2D eigenvalue weighted by atomic mass is 15.0. The van der Waals surface area contributed by atoms with Crippen LogP contribution in [0.5, 0.6) is 0 Å². The van der Waals surface area contributed by atoms with E-state index < -0.39 is 0 Å². The molecule has 0 N–H and O–H groups in total. The Hall–Kier alpha value is -18.1. The van der Waals surface area contributed by atoms with Crippen molar-refractivity contribution in [1.82, 2.24) is 27.4 Å². The first-order valence-corrected chi connectivity index (χ1v) is 46.8. The predicted octanol–water partition coefficient (Wildman–Crippen LogP) is 34.9. The third-order valence-electron chi connectivity index (χ3n) is 28.3. The van der Waals surface area contributed by atoms with Crippen molar-refractivity contribution in [1.29, 1.82) is 0 Å². The summed E-state index contributed by atoms with van der Waals surface area (Å²) in [5, 5.41) is 25.3. The van der Waals surface area contributed by atoms with E-state index in [-0.39, 0.29) is 0 Å². The molecule has 136 heavy (non-hydrogen) atoms. The van der Waals surface area contributed by atoms with Gasteiger partial charge in [0.05, 0.1) is 66.2 Å². The van der Waals surface area contributed by atoms with Crippen molar-refractivity contribution in [3.8, 4) is 78.6 Å². The third kappa shape index (κ3) is 12.6. The minimum Gasteiger partial charge on any atom is -0.309 e. The number of fused-ring (bicyclic) bond motifs is 26. The summed E-state index contributed by atoms with van der Waals surface area (Å²) in [4.78, 5) is 0. The maximum atomic E-state index is 2.47. The summed E-state index contributed by atoms with van der Waals surface area (Å²) in [5.41, 5.74) is 31.4. The van der Waals surface area contributed by atoms with Crippen molar-refractivity contribution in [3.05, 3.63) is 510 Å². The Morgan fingerprint density at radius 1 is 0.103 bits per heavy atom. The van der Waals surface area contributed by atoms with Crippen LogP contribution in [0.25, 0.3) is 253 Å². The Bertz CT molecular complexity index is 9630. The van der Waals surface area contributed by atoms with E-state index in [9.17, 15) is 0 Å². The average Bonchev–Trinajstić information content (AvgIpc) is 1.56. The number of hydrogen-bond acceptors (Lipinski definition) is 0. The number of nitrogens with zero attached hydrogens (tertiary/aromatic N) is 6. The quantitative estimate of drug-likeness (QED) is 0.131. The van der Waals surface area contributed by atoms with E-state index in [1.54, 1.807) is 0 Å². The predicted molar refractivity (Wildman–Crippen MR) is 577 cm³/mol. The lowest BCUT2D eigenvalue weighted by molar-refractivity contribution is 1.17. The first kappa shape index (κ1) is 77.8. The molecule has 6 nitrogen and oxygen atoms in total. The van der Waals surface area contributed by atoms with Gasteiger partial charge in [-0.3, -0.25) is 0 Å². The van der Waals surface area contributed by atoms with Crippen molar-refractivity contribution in [3.63, 3.8) is 0 Å². The molecule has 23 aromatic carbocycles. The van der Waals surface area contributed by atoms with Gasteiger partial charge in [-0.15, -0.1) is 0 Å². The summed E-state index contributed by atoms with van der Waals surface area (Å²) < 4.78 is 14.7. The van der Waals surface area contributed by atoms with Gasteiger partial charge in [0.15, 0.2) is 0 Å². The van der Waals surface area contributed by atoms with Gasteiger partial charge in [-0.25, -0.2) is 0 Å². The summed E-state index contributed by atoms with van der Waals surface area (Å²) in [6.45, 7) is 0. The van der Waals surface area contributed by atoms with E-state index in [0.717, 1.165) is 22.7 Å². The molecule has 0 aliphatic rings. The number of rotatable bonds is 10. The lowest BCUT2D eigenvalue weighted by Gasteiger charge is -2.11. The molecule has 634 valence electrons. The monoisotopic (exact) mass is 1730 g/mol. The summed E-state index contributed by atoms with van der Waals surface area (Å²) >= 11 is 0. The first-order valence-electron chi connectivity index (χ1n) is 46.8. The summed E-state index contributed by atoms with van der Waals surface area (Å²) in [6, 6.07) is 185. The van der Waals surface area contributed by atoms with Gasteiger partial charge in [-0.05, 0) is 222 Å². The standard InChI is InChI=1S/2C46H30N2.C38H24N2/c1-3-11-31(12-4-1)33-19-24-36(25-20-33)47-41-18-10-9-17-39(41)44-42(47)29-30-43-45(44)40-28-23-35-15-7-8-16-38(35)46(40)48(43)37-26-21-34(22-27-37)32-13-5-2-6-14-32;1-3-11-31(12-4-1)33-19-23-37(24-20-33)47-41-18-10-9-17-39(41)45-42(47)27-28-43-46(45)40-29-35-15-7-8-16-36(35)30-44(40)48(43)38-25-21-34(22-26-38)32-13-5-2-6-14-32;1-3-11-27-23-29(19-17-25(27)9-1)39-35-16-8-6-14-33(35)37-36(39)22-21-32-31-13-5-7-15-34(31)40(38(32)37)30-20-18-26-10-2-4-12-28(26)24-30/h2*1-30H;1-24H. The number of hydrogen-bond donors (Lipinski definition) is 0. The zero-order valence-corrected chi connectivity index (χ0v) is 74.2. The number of aromatic nitrogens is 6. The van der Waals surface area contributed by atoms with Crippen LogP contribution in [-0.2, 0) is 0 Å². The minimum atomic E-state index is 1.16. The Balaban J connectivity index is 0.000000104. The van der Waals surface area contributed by atoms with Gasteiger partial charge >= 0.3 is 0 Å². The van der Waals surface area contributed by atoms with Gasteiger partial charge in [0, 0.05) is 104 Å². The SMILES string of the molecule is c1ccc(-c2ccc(-n3c4ccccc4c4c5c6cc7ccccc7cc6n(-c6ccc(-c7ccccc7)cc6)c5ccc43)cc2)cc1.c1ccc(-c2ccc(-n3c4ccccc4c4c5c6ccc7ccccc7c6n(-c6ccc(-c7ccccc7)cc6)c5ccc43)cc2)cc1.c1ccc2cc(-n3c4ccccc4c4c3ccc3c5ccccc5n(-c5ccc6ccccc6c5)c34)ccc2c1. The highest BCUT2D eigenvalue weighted by molar-refractivity contribution is 6.33. The normalized spacial score (nSPS) is 11.8. The van der Waals surface area contributed by atoms with Crippen molar-refractivity contribution >= 4 is 174 Å². The minimum absolute atomic E-state index is 1.16. The highest BCUT2D eigenvalue weighted by Gasteiger charge is 2.27. The smallest absolute Gasteiger partial charge is 0.0641 e. The second-order valence-corrected chi connectivity index (χ2v) is 35.8. The van der Waals surface area contributed by atoms with Crippen molar-refractivity contribution in [2.75, 3.05) is 0 Å². The van der Waals surface area contributed by atoms with Gasteiger partial charge in [0.25, 0.3) is 0 Å². The molecule has 6 heterocycles. The lowest BCUT2D eigenvalue weighted by Crippen LogP contribution is -1.95. The molecule has 0 bridgehead atoms. The van der Waals surface area contributed by atoms with E-state index >= 15 is 0 Å². The fourth-order valence-corrected chi connectivity index (χ4v) is 22.1. The van der Waals surface area contributed by atoms with Crippen LogP contribution in [0.3, 0.4) is 0 Å². The molecule has 29 aromatic rings. The average molecular weight is 1730 g/mol. The molecule has 6 heteroatoms. The van der Waals surface area contributed by atoms with E-state index in [1.807, 2.05) is 0 Å². The van der Waals surface area contributed by atoms with Crippen LogP contribution in [0.15, 0.2) is 510 Å². The molecule has 0 saturated carbocycles.